The normalized spacial score (nSPS) is 12.1. The van der Waals surface area contributed by atoms with Crippen molar-refractivity contribution in [2.75, 3.05) is 7.11 Å². The largest absolute Gasteiger partial charge is 0.497 e. The van der Waals surface area contributed by atoms with E-state index in [4.69, 9.17) is 4.74 Å². The number of benzene rings is 1. The van der Waals surface area contributed by atoms with Gasteiger partial charge in [-0.1, -0.05) is 23.5 Å². The molecule has 0 bridgehead atoms. The van der Waals surface area contributed by atoms with Crippen molar-refractivity contribution in [1.82, 2.24) is 5.32 Å². The summed E-state index contributed by atoms with van der Waals surface area (Å²) in [4.78, 5) is 10.3. The van der Waals surface area contributed by atoms with Gasteiger partial charge in [0.25, 0.3) is 0 Å². The summed E-state index contributed by atoms with van der Waals surface area (Å²) >= 11 is 1.15. The SMILES string of the molecule is COc1ccc([C@@H](C)NCc2csc([N+](=O)[O-])c2)cc1. The van der Waals surface area contributed by atoms with Crippen LogP contribution in [-0.4, -0.2) is 12.0 Å². The third-order valence-electron chi connectivity index (χ3n) is 3.05. The molecule has 1 heterocycles. The Morgan fingerprint density at radius 1 is 1.40 bits per heavy atom. The van der Waals surface area contributed by atoms with E-state index in [0.29, 0.717) is 6.54 Å². The van der Waals surface area contributed by atoms with Gasteiger partial charge in [0, 0.05) is 24.0 Å². The van der Waals surface area contributed by atoms with Crippen molar-refractivity contribution in [2.24, 2.45) is 0 Å². The molecule has 1 N–H and O–H groups in total. The number of nitrogens with one attached hydrogen (secondary N) is 1. The summed E-state index contributed by atoms with van der Waals surface area (Å²) in [6, 6.07) is 9.63. The van der Waals surface area contributed by atoms with Gasteiger partial charge in [0.15, 0.2) is 0 Å². The predicted molar refractivity (Wildman–Crippen MR) is 79.2 cm³/mol. The van der Waals surface area contributed by atoms with Crippen LogP contribution in [0.4, 0.5) is 5.00 Å². The first kappa shape index (κ1) is 14.5. The molecule has 20 heavy (non-hydrogen) atoms. The quantitative estimate of drug-likeness (QED) is 0.653. The lowest BCUT2D eigenvalue weighted by molar-refractivity contribution is -0.380. The molecule has 5 nitrogen and oxygen atoms in total. The summed E-state index contributed by atoms with van der Waals surface area (Å²) in [5.74, 6) is 0.828. The van der Waals surface area contributed by atoms with E-state index in [9.17, 15) is 10.1 Å². The van der Waals surface area contributed by atoms with Crippen LogP contribution < -0.4 is 10.1 Å². The highest BCUT2D eigenvalue weighted by Crippen LogP contribution is 2.23. The van der Waals surface area contributed by atoms with Crippen molar-refractivity contribution in [2.45, 2.75) is 19.5 Å². The molecule has 0 aliphatic carbocycles. The van der Waals surface area contributed by atoms with Crippen molar-refractivity contribution in [3.63, 3.8) is 0 Å². The lowest BCUT2D eigenvalue weighted by Gasteiger charge is -2.14. The summed E-state index contributed by atoms with van der Waals surface area (Å²) in [5, 5.41) is 16.0. The van der Waals surface area contributed by atoms with Crippen molar-refractivity contribution in [3.8, 4) is 5.75 Å². The topological polar surface area (TPSA) is 64.4 Å². The highest BCUT2D eigenvalue weighted by molar-refractivity contribution is 7.13. The van der Waals surface area contributed by atoms with Crippen LogP contribution in [-0.2, 0) is 6.54 Å². The predicted octanol–water partition coefficient (Wildman–Crippen LogP) is 3.52. The fraction of sp³-hybridized carbons (Fsp3) is 0.286. The van der Waals surface area contributed by atoms with E-state index in [0.717, 1.165) is 28.2 Å². The number of ether oxygens (including phenoxy) is 1. The zero-order valence-corrected chi connectivity index (χ0v) is 12.1. The van der Waals surface area contributed by atoms with Gasteiger partial charge in [-0.15, -0.1) is 0 Å². The molecule has 0 amide bonds. The van der Waals surface area contributed by atoms with Gasteiger partial charge in [0.2, 0.25) is 0 Å². The van der Waals surface area contributed by atoms with Gasteiger partial charge in [-0.3, -0.25) is 10.1 Å². The molecule has 0 aliphatic heterocycles. The van der Waals surface area contributed by atoms with Crippen molar-refractivity contribution in [1.29, 1.82) is 0 Å². The number of rotatable bonds is 6. The van der Waals surface area contributed by atoms with Crippen LogP contribution in [0.3, 0.4) is 0 Å². The van der Waals surface area contributed by atoms with E-state index in [2.05, 4.69) is 12.2 Å². The minimum atomic E-state index is -0.360. The monoisotopic (exact) mass is 292 g/mol. The molecule has 0 unspecified atom stereocenters. The number of hydrogen-bond donors (Lipinski definition) is 1. The van der Waals surface area contributed by atoms with Crippen LogP contribution in [0.15, 0.2) is 35.7 Å². The molecular formula is C14H16N2O3S. The Kier molecular flexibility index (Phi) is 4.70. The molecule has 1 aromatic heterocycles. The molecule has 6 heteroatoms. The van der Waals surface area contributed by atoms with E-state index < -0.39 is 0 Å². The van der Waals surface area contributed by atoms with Gasteiger partial charge >= 0.3 is 5.00 Å². The molecular weight excluding hydrogens is 276 g/mol. The first-order chi connectivity index (χ1) is 9.60. The number of hydrogen-bond acceptors (Lipinski definition) is 5. The minimum Gasteiger partial charge on any atom is -0.497 e. The molecule has 1 atom stereocenters. The molecule has 0 fully saturated rings. The Morgan fingerprint density at radius 2 is 2.10 bits per heavy atom. The summed E-state index contributed by atoms with van der Waals surface area (Å²) in [7, 11) is 1.64. The van der Waals surface area contributed by atoms with Crippen LogP contribution >= 0.6 is 11.3 Å². The highest BCUT2D eigenvalue weighted by Gasteiger charge is 2.11. The summed E-state index contributed by atoms with van der Waals surface area (Å²) in [5.41, 5.74) is 2.08. The number of nitro groups is 1. The van der Waals surface area contributed by atoms with Crippen LogP contribution in [0, 0.1) is 10.1 Å². The first-order valence-electron chi connectivity index (χ1n) is 6.19. The molecule has 0 radical (unpaired) electrons. The molecule has 0 saturated carbocycles. The van der Waals surface area contributed by atoms with Crippen molar-refractivity contribution < 1.29 is 9.66 Å². The lowest BCUT2D eigenvalue weighted by atomic mass is 10.1. The Morgan fingerprint density at radius 3 is 2.65 bits per heavy atom. The summed E-state index contributed by atoms with van der Waals surface area (Å²) < 4.78 is 5.12. The van der Waals surface area contributed by atoms with Gasteiger partial charge in [0.1, 0.15) is 5.75 Å². The number of nitrogens with zero attached hydrogens (tertiary/aromatic N) is 1. The van der Waals surface area contributed by atoms with Crippen molar-refractivity contribution in [3.05, 3.63) is 57.0 Å². The van der Waals surface area contributed by atoms with E-state index in [1.54, 1.807) is 13.2 Å². The third-order valence-corrected chi connectivity index (χ3v) is 3.98. The maximum atomic E-state index is 10.6. The minimum absolute atomic E-state index is 0.167. The lowest BCUT2D eigenvalue weighted by Crippen LogP contribution is -2.17. The van der Waals surface area contributed by atoms with Gasteiger partial charge in [0.05, 0.1) is 12.0 Å². The third kappa shape index (κ3) is 3.55. The number of methoxy groups -OCH3 is 1. The van der Waals surface area contributed by atoms with Crippen LogP contribution in [0.1, 0.15) is 24.1 Å². The van der Waals surface area contributed by atoms with Gasteiger partial charge in [-0.2, -0.15) is 0 Å². The van der Waals surface area contributed by atoms with Gasteiger partial charge in [-0.05, 0) is 30.2 Å². The average molecular weight is 292 g/mol. The van der Waals surface area contributed by atoms with Gasteiger partial charge in [-0.25, -0.2) is 0 Å². The van der Waals surface area contributed by atoms with E-state index in [1.165, 1.54) is 0 Å². The highest BCUT2D eigenvalue weighted by atomic mass is 32.1. The smallest absolute Gasteiger partial charge is 0.324 e. The fourth-order valence-electron chi connectivity index (χ4n) is 1.83. The average Bonchev–Trinajstić information content (AvgIpc) is 2.94. The van der Waals surface area contributed by atoms with E-state index in [1.807, 2.05) is 29.6 Å². The summed E-state index contributed by atoms with van der Waals surface area (Å²) in [6.45, 7) is 2.67. The van der Waals surface area contributed by atoms with E-state index >= 15 is 0 Å². The van der Waals surface area contributed by atoms with Crippen LogP contribution in [0.5, 0.6) is 5.75 Å². The fourth-order valence-corrected chi connectivity index (χ4v) is 2.56. The Labute approximate surface area is 121 Å². The number of thiophene rings is 1. The first-order valence-corrected chi connectivity index (χ1v) is 7.07. The second kappa shape index (κ2) is 6.49. The zero-order chi connectivity index (χ0) is 14.5. The maximum absolute atomic E-state index is 10.6. The molecule has 1 aromatic carbocycles. The molecule has 106 valence electrons. The molecule has 2 rings (SSSR count). The zero-order valence-electron chi connectivity index (χ0n) is 11.3. The Bertz CT molecular complexity index is 580. The van der Waals surface area contributed by atoms with Crippen LogP contribution in [0.2, 0.25) is 0 Å². The van der Waals surface area contributed by atoms with Crippen molar-refractivity contribution >= 4 is 16.3 Å². The second-order valence-electron chi connectivity index (χ2n) is 4.43. The standard InChI is InChI=1S/C14H16N2O3S/c1-10(12-3-5-13(19-2)6-4-12)15-8-11-7-14(16(17)18)20-9-11/h3-7,9-10,15H,8H2,1-2H3/t10-/m1/s1. The second-order valence-corrected chi connectivity index (χ2v) is 5.32. The van der Waals surface area contributed by atoms with E-state index in [-0.39, 0.29) is 16.0 Å². The van der Waals surface area contributed by atoms with Gasteiger partial charge < -0.3 is 10.1 Å². The molecule has 2 aromatic rings. The Balaban J connectivity index is 1.93. The molecule has 0 aliphatic rings. The molecule has 0 saturated heterocycles. The van der Waals surface area contributed by atoms with Crippen LogP contribution in [0.25, 0.3) is 0 Å². The molecule has 0 spiro atoms. The Hall–Kier alpha value is -1.92. The maximum Gasteiger partial charge on any atom is 0.324 e. The summed E-state index contributed by atoms with van der Waals surface area (Å²) in [6.07, 6.45) is 0.